The van der Waals surface area contributed by atoms with Gasteiger partial charge < -0.3 is 0 Å². The third-order valence-electron chi connectivity index (χ3n) is 9.25. The molecule has 0 bridgehead atoms. The molecule has 0 aromatic heterocycles. The average Bonchev–Trinajstić information content (AvgIpc) is 2.75. The van der Waals surface area contributed by atoms with Crippen molar-refractivity contribution in [3.63, 3.8) is 0 Å². The molecule has 0 saturated heterocycles. The standard InChI is InChI=1S/C31H39F6N/c1-22(2)38(21-16-24-10-5-4-6-11-24)23(3)14-15-25-26(28(17-8-18-28)30(32,33)34)12-7-13-27(25)29(19-9-20-29)31(35,36)37/h4-7,10-13,22-23H,8-9,14-21H2,1-3H3. The van der Waals surface area contributed by atoms with Crippen LogP contribution in [0, 0.1) is 0 Å². The molecule has 1 unspecified atom stereocenters. The van der Waals surface area contributed by atoms with Gasteiger partial charge in [-0.05, 0) is 88.0 Å². The minimum absolute atomic E-state index is 0.00562. The third-order valence-corrected chi connectivity index (χ3v) is 9.25. The van der Waals surface area contributed by atoms with Gasteiger partial charge in [-0.25, -0.2) is 0 Å². The first-order chi connectivity index (χ1) is 17.8. The van der Waals surface area contributed by atoms with Crippen LogP contribution < -0.4 is 0 Å². The van der Waals surface area contributed by atoms with Crippen molar-refractivity contribution >= 4 is 0 Å². The normalized spacial score (nSPS) is 19.8. The van der Waals surface area contributed by atoms with Crippen molar-refractivity contribution in [3.8, 4) is 0 Å². The fourth-order valence-electron chi connectivity index (χ4n) is 6.63. The van der Waals surface area contributed by atoms with Gasteiger partial charge in [0.15, 0.2) is 0 Å². The molecule has 2 saturated carbocycles. The molecule has 2 aliphatic carbocycles. The van der Waals surface area contributed by atoms with Crippen LogP contribution in [0.25, 0.3) is 0 Å². The van der Waals surface area contributed by atoms with Crippen LogP contribution in [0.4, 0.5) is 26.3 Å². The van der Waals surface area contributed by atoms with Crippen LogP contribution in [0.2, 0.25) is 0 Å². The van der Waals surface area contributed by atoms with Gasteiger partial charge in [-0.1, -0.05) is 61.4 Å². The lowest BCUT2D eigenvalue weighted by Gasteiger charge is -2.48. The second-order valence-corrected chi connectivity index (χ2v) is 11.7. The molecule has 2 aliphatic rings. The molecule has 0 radical (unpaired) electrons. The summed E-state index contributed by atoms with van der Waals surface area (Å²) < 4.78 is 86.7. The summed E-state index contributed by atoms with van der Waals surface area (Å²) in [6, 6.07) is 14.6. The maximum atomic E-state index is 14.4. The smallest absolute Gasteiger partial charge is 0.298 e. The summed E-state index contributed by atoms with van der Waals surface area (Å²) in [5.74, 6) is 0. The van der Waals surface area contributed by atoms with Crippen molar-refractivity contribution in [2.24, 2.45) is 0 Å². The van der Waals surface area contributed by atoms with Gasteiger partial charge in [-0.15, -0.1) is 0 Å². The molecule has 1 nitrogen and oxygen atoms in total. The molecule has 0 spiro atoms. The number of hydrogen-bond acceptors (Lipinski definition) is 1. The maximum Gasteiger partial charge on any atom is 0.398 e. The van der Waals surface area contributed by atoms with E-state index in [2.05, 4.69) is 30.9 Å². The third kappa shape index (κ3) is 5.24. The van der Waals surface area contributed by atoms with Crippen LogP contribution >= 0.6 is 0 Å². The molecule has 0 aliphatic heterocycles. The molecule has 0 heterocycles. The van der Waals surface area contributed by atoms with Gasteiger partial charge >= 0.3 is 12.4 Å². The van der Waals surface area contributed by atoms with E-state index in [1.54, 1.807) is 0 Å². The Morgan fingerprint density at radius 3 is 1.61 bits per heavy atom. The van der Waals surface area contributed by atoms with Crippen LogP contribution in [0.1, 0.15) is 88.0 Å². The molecule has 210 valence electrons. The SMILES string of the molecule is CC(C)N(CCc1ccccc1)C(C)CCc1c(C2(C(F)(F)F)CCC2)cccc1C1(C(F)(F)F)CCC1. The first kappa shape index (κ1) is 29.0. The van der Waals surface area contributed by atoms with Crippen molar-refractivity contribution < 1.29 is 26.3 Å². The van der Waals surface area contributed by atoms with Gasteiger partial charge in [0.25, 0.3) is 0 Å². The second kappa shape index (κ2) is 10.9. The van der Waals surface area contributed by atoms with Gasteiger partial charge in [-0.2, -0.15) is 26.3 Å². The molecule has 38 heavy (non-hydrogen) atoms. The monoisotopic (exact) mass is 539 g/mol. The maximum absolute atomic E-state index is 14.4. The van der Waals surface area contributed by atoms with Crippen molar-refractivity contribution in [2.75, 3.05) is 6.54 Å². The largest absolute Gasteiger partial charge is 0.398 e. The van der Waals surface area contributed by atoms with Gasteiger partial charge in [0.1, 0.15) is 0 Å². The van der Waals surface area contributed by atoms with Crippen LogP contribution in [0.5, 0.6) is 0 Å². The highest BCUT2D eigenvalue weighted by atomic mass is 19.4. The zero-order valence-corrected chi connectivity index (χ0v) is 22.6. The lowest BCUT2D eigenvalue weighted by atomic mass is 9.58. The van der Waals surface area contributed by atoms with Gasteiger partial charge in [-0.3, -0.25) is 4.90 Å². The fourth-order valence-corrected chi connectivity index (χ4v) is 6.63. The summed E-state index contributed by atoms with van der Waals surface area (Å²) in [6.45, 7) is 6.98. The zero-order chi connectivity index (χ0) is 27.8. The molecular weight excluding hydrogens is 500 g/mol. The van der Waals surface area contributed by atoms with E-state index in [4.69, 9.17) is 0 Å². The Morgan fingerprint density at radius 1 is 0.711 bits per heavy atom. The van der Waals surface area contributed by atoms with E-state index in [-0.39, 0.29) is 55.3 Å². The number of hydrogen-bond donors (Lipinski definition) is 0. The minimum atomic E-state index is -4.49. The van der Waals surface area contributed by atoms with E-state index >= 15 is 0 Å². The molecule has 2 aromatic rings. The first-order valence-corrected chi connectivity index (χ1v) is 13.9. The van der Waals surface area contributed by atoms with Crippen molar-refractivity contribution in [1.29, 1.82) is 0 Å². The summed E-state index contributed by atoms with van der Waals surface area (Å²) in [4.78, 5) is 2.31. The van der Waals surface area contributed by atoms with Crippen molar-refractivity contribution in [1.82, 2.24) is 4.90 Å². The molecule has 7 heteroatoms. The van der Waals surface area contributed by atoms with Crippen molar-refractivity contribution in [2.45, 2.75) is 114 Å². The van der Waals surface area contributed by atoms with E-state index in [1.165, 1.54) is 23.8 Å². The lowest BCUT2D eigenvalue weighted by molar-refractivity contribution is -0.215. The van der Waals surface area contributed by atoms with E-state index in [9.17, 15) is 26.3 Å². The van der Waals surface area contributed by atoms with Crippen LogP contribution in [-0.4, -0.2) is 35.9 Å². The fraction of sp³-hybridized carbons (Fsp3) is 0.613. The van der Waals surface area contributed by atoms with Gasteiger partial charge in [0.2, 0.25) is 0 Å². The highest BCUT2D eigenvalue weighted by Gasteiger charge is 2.63. The number of alkyl halides is 6. The number of nitrogens with zero attached hydrogens (tertiary/aromatic N) is 1. The summed E-state index contributed by atoms with van der Waals surface area (Å²) in [5.41, 5.74) is -2.42. The molecule has 1 atom stereocenters. The Hall–Kier alpha value is -2.02. The summed E-state index contributed by atoms with van der Waals surface area (Å²) >= 11 is 0. The Bertz CT molecular complexity index is 1010. The van der Waals surface area contributed by atoms with E-state index in [1.807, 2.05) is 25.1 Å². The quantitative estimate of drug-likeness (QED) is 0.273. The number of benzene rings is 2. The Balaban J connectivity index is 1.66. The average molecular weight is 540 g/mol. The Labute approximate surface area is 222 Å². The highest BCUT2D eigenvalue weighted by Crippen LogP contribution is 2.59. The highest BCUT2D eigenvalue weighted by molar-refractivity contribution is 5.48. The van der Waals surface area contributed by atoms with Crippen LogP contribution in [-0.2, 0) is 23.7 Å². The second-order valence-electron chi connectivity index (χ2n) is 11.7. The molecular formula is C31H39F6N. The Kier molecular flexibility index (Phi) is 8.28. The molecule has 0 N–H and O–H groups in total. The van der Waals surface area contributed by atoms with Crippen LogP contribution in [0.3, 0.4) is 0 Å². The van der Waals surface area contributed by atoms with Crippen molar-refractivity contribution in [3.05, 3.63) is 70.8 Å². The summed E-state index contributed by atoms with van der Waals surface area (Å²) in [5, 5.41) is 0. The first-order valence-electron chi connectivity index (χ1n) is 13.9. The van der Waals surface area contributed by atoms with E-state index in [0.29, 0.717) is 24.8 Å². The van der Waals surface area contributed by atoms with Crippen LogP contribution in [0.15, 0.2) is 48.5 Å². The molecule has 2 fully saturated rings. The predicted octanol–water partition coefficient (Wildman–Crippen LogP) is 8.93. The zero-order valence-electron chi connectivity index (χ0n) is 22.6. The summed E-state index contributed by atoms with van der Waals surface area (Å²) in [6.07, 6.45) is -6.81. The van der Waals surface area contributed by atoms with E-state index in [0.717, 1.165) is 13.0 Å². The Morgan fingerprint density at radius 2 is 1.21 bits per heavy atom. The van der Waals surface area contributed by atoms with Gasteiger partial charge in [0.05, 0.1) is 10.8 Å². The number of rotatable bonds is 10. The molecule has 4 rings (SSSR count). The predicted molar refractivity (Wildman–Crippen MR) is 139 cm³/mol. The number of halogens is 6. The van der Waals surface area contributed by atoms with Gasteiger partial charge in [0, 0.05) is 18.6 Å². The van der Waals surface area contributed by atoms with E-state index < -0.39 is 23.2 Å². The topological polar surface area (TPSA) is 3.24 Å². The molecule has 0 amide bonds. The molecule has 2 aromatic carbocycles. The summed E-state index contributed by atoms with van der Waals surface area (Å²) in [7, 11) is 0. The lowest BCUT2D eigenvalue weighted by Crippen LogP contribution is -2.51. The minimum Gasteiger partial charge on any atom is -0.298 e.